The van der Waals surface area contributed by atoms with Gasteiger partial charge in [0.2, 0.25) is 6.41 Å². The second-order valence-corrected chi connectivity index (χ2v) is 3.52. The number of morpholine rings is 1. The molecule has 4 heteroatoms. The van der Waals surface area contributed by atoms with Crippen molar-refractivity contribution in [1.29, 1.82) is 0 Å². The predicted molar refractivity (Wildman–Crippen MR) is 54.4 cm³/mol. The summed E-state index contributed by atoms with van der Waals surface area (Å²) in [6, 6.07) is 7.05. The summed E-state index contributed by atoms with van der Waals surface area (Å²) in [4.78, 5) is 12.3. The Labute approximate surface area is 88.1 Å². The molecule has 80 valence electrons. The third-order valence-electron chi connectivity index (χ3n) is 2.53. The van der Waals surface area contributed by atoms with Gasteiger partial charge in [-0.25, -0.2) is 0 Å². The van der Waals surface area contributed by atoms with E-state index in [0.29, 0.717) is 19.7 Å². The number of para-hydroxylation sites is 1. The Morgan fingerprint density at radius 1 is 1.47 bits per heavy atom. The Kier molecular flexibility index (Phi) is 2.87. The number of benzene rings is 1. The first-order chi connectivity index (χ1) is 7.31. The molecule has 1 aromatic rings. The van der Waals surface area contributed by atoms with Crippen LogP contribution in [0, 0.1) is 0 Å². The highest BCUT2D eigenvalue weighted by Gasteiger charge is 2.22. The highest BCUT2D eigenvalue weighted by molar-refractivity contribution is 5.47. The first kappa shape index (κ1) is 9.98. The number of nitrogens with zero attached hydrogens (tertiary/aromatic N) is 1. The summed E-state index contributed by atoms with van der Waals surface area (Å²) in [5.74, 6) is 0.218. The number of amides is 1. The van der Waals surface area contributed by atoms with Gasteiger partial charge in [-0.05, 0) is 6.07 Å². The maximum atomic E-state index is 10.6. The number of hydrogen-bond acceptors (Lipinski definition) is 3. The van der Waals surface area contributed by atoms with E-state index in [9.17, 15) is 9.90 Å². The molecule has 1 atom stereocenters. The number of hydrogen-bond donors (Lipinski definition) is 1. The molecule has 1 N–H and O–H groups in total. The molecule has 1 aliphatic heterocycles. The smallest absolute Gasteiger partial charge is 0.209 e. The van der Waals surface area contributed by atoms with Crippen LogP contribution in [0.3, 0.4) is 0 Å². The summed E-state index contributed by atoms with van der Waals surface area (Å²) in [6.07, 6.45) is 0.598. The van der Waals surface area contributed by atoms with Crippen molar-refractivity contribution < 1.29 is 14.6 Å². The van der Waals surface area contributed by atoms with Crippen LogP contribution >= 0.6 is 0 Å². The van der Waals surface area contributed by atoms with E-state index in [1.165, 1.54) is 0 Å². The van der Waals surface area contributed by atoms with Crippen LogP contribution in [-0.4, -0.2) is 36.1 Å². The minimum atomic E-state index is -0.217. The van der Waals surface area contributed by atoms with Crippen molar-refractivity contribution in [2.75, 3.05) is 19.7 Å². The number of aromatic hydroxyl groups is 1. The van der Waals surface area contributed by atoms with Crippen LogP contribution in [0.4, 0.5) is 0 Å². The van der Waals surface area contributed by atoms with Crippen LogP contribution in [-0.2, 0) is 9.53 Å². The second kappa shape index (κ2) is 4.31. The minimum Gasteiger partial charge on any atom is -0.508 e. The Morgan fingerprint density at radius 3 is 3.00 bits per heavy atom. The molecule has 1 aromatic carbocycles. The number of phenolic OH excluding ortho intramolecular Hbond substituents is 1. The van der Waals surface area contributed by atoms with Gasteiger partial charge in [0.05, 0.1) is 13.2 Å². The number of ether oxygens (including phenoxy) is 1. The van der Waals surface area contributed by atoms with E-state index >= 15 is 0 Å². The number of carbonyl (C=O) groups is 1. The summed E-state index contributed by atoms with van der Waals surface area (Å²) >= 11 is 0. The van der Waals surface area contributed by atoms with E-state index in [1.807, 2.05) is 12.1 Å². The molecule has 1 aliphatic rings. The summed E-state index contributed by atoms with van der Waals surface area (Å²) in [5, 5.41) is 9.63. The first-order valence-corrected chi connectivity index (χ1v) is 4.90. The molecule has 4 nitrogen and oxygen atoms in total. The van der Waals surface area contributed by atoms with Gasteiger partial charge in [0.15, 0.2) is 0 Å². The summed E-state index contributed by atoms with van der Waals surface area (Å²) in [5.41, 5.74) is 0.740. The van der Waals surface area contributed by atoms with Crippen molar-refractivity contribution in [2.24, 2.45) is 0 Å². The molecule has 0 saturated carbocycles. The first-order valence-electron chi connectivity index (χ1n) is 4.90. The molecule has 0 bridgehead atoms. The predicted octanol–water partition coefficient (Wildman–Crippen LogP) is 0.922. The maximum absolute atomic E-state index is 10.6. The van der Waals surface area contributed by atoms with Crippen molar-refractivity contribution in [1.82, 2.24) is 4.90 Å². The van der Waals surface area contributed by atoms with Crippen LogP contribution < -0.4 is 0 Å². The molecule has 0 radical (unpaired) electrons. The van der Waals surface area contributed by atoms with Crippen LogP contribution in [0.25, 0.3) is 0 Å². The Morgan fingerprint density at radius 2 is 2.27 bits per heavy atom. The van der Waals surface area contributed by atoms with Crippen LogP contribution in [0.5, 0.6) is 5.75 Å². The molecule has 15 heavy (non-hydrogen) atoms. The third kappa shape index (κ3) is 2.10. The SMILES string of the molecule is O=CN1CCOC(c2ccccc2O)C1. The lowest BCUT2D eigenvalue weighted by atomic mass is 10.1. The highest BCUT2D eigenvalue weighted by atomic mass is 16.5. The van der Waals surface area contributed by atoms with E-state index in [1.54, 1.807) is 17.0 Å². The van der Waals surface area contributed by atoms with Crippen molar-refractivity contribution >= 4 is 6.41 Å². The van der Waals surface area contributed by atoms with Gasteiger partial charge in [-0.1, -0.05) is 18.2 Å². The molecule has 1 unspecified atom stereocenters. The number of carbonyl (C=O) groups excluding carboxylic acids is 1. The van der Waals surface area contributed by atoms with Gasteiger partial charge >= 0.3 is 0 Å². The number of rotatable bonds is 2. The van der Waals surface area contributed by atoms with Crippen molar-refractivity contribution in [3.63, 3.8) is 0 Å². The fourth-order valence-electron chi connectivity index (χ4n) is 1.71. The van der Waals surface area contributed by atoms with Crippen LogP contribution in [0.15, 0.2) is 24.3 Å². The Bertz CT molecular complexity index is 353. The standard InChI is InChI=1S/C11H13NO3/c13-8-12-5-6-15-11(7-12)9-3-1-2-4-10(9)14/h1-4,8,11,14H,5-7H2. The Balaban J connectivity index is 2.16. The fraction of sp³-hybridized carbons (Fsp3) is 0.364. The average Bonchev–Trinajstić information content (AvgIpc) is 2.30. The lowest BCUT2D eigenvalue weighted by Crippen LogP contribution is -2.37. The fourth-order valence-corrected chi connectivity index (χ4v) is 1.71. The second-order valence-electron chi connectivity index (χ2n) is 3.52. The van der Waals surface area contributed by atoms with Gasteiger partial charge < -0.3 is 14.7 Å². The lowest BCUT2D eigenvalue weighted by Gasteiger charge is -2.30. The molecule has 1 fully saturated rings. The summed E-state index contributed by atoms with van der Waals surface area (Å²) in [7, 11) is 0. The minimum absolute atomic E-state index is 0.217. The third-order valence-corrected chi connectivity index (χ3v) is 2.53. The van der Waals surface area contributed by atoms with E-state index in [2.05, 4.69) is 0 Å². The van der Waals surface area contributed by atoms with Crippen molar-refractivity contribution in [3.05, 3.63) is 29.8 Å². The molecular formula is C11H13NO3. The summed E-state index contributed by atoms with van der Waals surface area (Å²) in [6.45, 7) is 1.63. The molecule has 0 aromatic heterocycles. The molecule has 1 saturated heterocycles. The van der Waals surface area contributed by atoms with Crippen LogP contribution in [0.1, 0.15) is 11.7 Å². The largest absolute Gasteiger partial charge is 0.508 e. The molecule has 0 aliphatic carbocycles. The monoisotopic (exact) mass is 207 g/mol. The van der Waals surface area contributed by atoms with E-state index in [-0.39, 0.29) is 11.9 Å². The Hall–Kier alpha value is -1.55. The normalized spacial score (nSPS) is 21.3. The molecule has 1 heterocycles. The van der Waals surface area contributed by atoms with Gasteiger partial charge in [0.1, 0.15) is 11.9 Å². The zero-order chi connectivity index (χ0) is 10.7. The lowest BCUT2D eigenvalue weighted by molar-refractivity contribution is -0.125. The van der Waals surface area contributed by atoms with Gasteiger partial charge in [-0.3, -0.25) is 4.79 Å². The van der Waals surface area contributed by atoms with E-state index < -0.39 is 0 Å². The quantitative estimate of drug-likeness (QED) is 0.734. The summed E-state index contributed by atoms with van der Waals surface area (Å²) < 4.78 is 5.52. The zero-order valence-corrected chi connectivity index (χ0v) is 8.30. The van der Waals surface area contributed by atoms with Gasteiger partial charge in [0, 0.05) is 12.1 Å². The molecule has 2 rings (SSSR count). The van der Waals surface area contributed by atoms with Gasteiger partial charge in [-0.15, -0.1) is 0 Å². The van der Waals surface area contributed by atoms with Crippen LogP contribution in [0.2, 0.25) is 0 Å². The molecular weight excluding hydrogens is 194 g/mol. The average molecular weight is 207 g/mol. The topological polar surface area (TPSA) is 49.8 Å². The van der Waals surface area contributed by atoms with Gasteiger partial charge in [-0.2, -0.15) is 0 Å². The highest BCUT2D eigenvalue weighted by Crippen LogP contribution is 2.28. The van der Waals surface area contributed by atoms with E-state index in [0.717, 1.165) is 12.0 Å². The van der Waals surface area contributed by atoms with Gasteiger partial charge in [0.25, 0.3) is 0 Å². The molecule has 1 amide bonds. The van der Waals surface area contributed by atoms with Crippen molar-refractivity contribution in [2.45, 2.75) is 6.10 Å². The van der Waals surface area contributed by atoms with E-state index in [4.69, 9.17) is 4.74 Å². The number of phenols is 1. The zero-order valence-electron chi connectivity index (χ0n) is 8.30. The maximum Gasteiger partial charge on any atom is 0.209 e. The molecule has 0 spiro atoms. The van der Waals surface area contributed by atoms with Crippen molar-refractivity contribution in [3.8, 4) is 5.75 Å².